The first-order chi connectivity index (χ1) is 15.4. The molecule has 0 bridgehead atoms. The highest BCUT2D eigenvalue weighted by molar-refractivity contribution is 5.97. The molecule has 3 aromatic rings. The number of hydrogen-bond acceptors (Lipinski definition) is 4. The predicted octanol–water partition coefficient (Wildman–Crippen LogP) is 3.80. The van der Waals surface area contributed by atoms with Crippen LogP contribution in [0, 0.1) is 25.2 Å². The van der Waals surface area contributed by atoms with Crippen LogP contribution < -0.4 is 15.6 Å². The van der Waals surface area contributed by atoms with Gasteiger partial charge in [0, 0.05) is 35.3 Å². The van der Waals surface area contributed by atoms with Crippen LogP contribution in [0.4, 0.5) is 0 Å². The van der Waals surface area contributed by atoms with Gasteiger partial charge in [-0.05, 0) is 50.1 Å². The number of carbonyl (C=O) groups is 2. The second kappa shape index (κ2) is 10.3. The van der Waals surface area contributed by atoms with Gasteiger partial charge in [0.05, 0.1) is 12.5 Å². The number of fused-ring (bicyclic) bond motifs is 1. The number of amides is 2. The zero-order valence-electron chi connectivity index (χ0n) is 18.4. The third kappa shape index (κ3) is 5.35. The number of benzene rings is 2. The average molecular weight is 431 g/mol. The molecule has 0 aliphatic carbocycles. The molecule has 3 rings (SSSR count). The number of para-hydroxylation sites is 1. The van der Waals surface area contributed by atoms with E-state index in [1.165, 1.54) is 6.08 Å². The topological polar surface area (TPSA) is 96.2 Å². The summed E-state index contributed by atoms with van der Waals surface area (Å²) in [6.45, 7) is 6.10. The van der Waals surface area contributed by atoms with Gasteiger partial charge in [-0.3, -0.25) is 20.4 Å². The van der Waals surface area contributed by atoms with Crippen molar-refractivity contribution in [1.29, 1.82) is 5.26 Å². The Morgan fingerprint density at radius 3 is 2.72 bits per heavy atom. The first kappa shape index (κ1) is 22.6. The Balaban J connectivity index is 1.59. The SMILES string of the molecule is Cc1cccc(OC(C)C(=O)NNC(=O)/C=C/c2cn(CCC#N)c3ccccc23)c1C. The Labute approximate surface area is 187 Å². The van der Waals surface area contributed by atoms with E-state index in [1.54, 1.807) is 19.1 Å². The van der Waals surface area contributed by atoms with Crippen LogP contribution in [0.15, 0.2) is 54.7 Å². The summed E-state index contributed by atoms with van der Waals surface area (Å²) in [6.07, 6.45) is 4.56. The van der Waals surface area contributed by atoms with E-state index >= 15 is 0 Å². The smallest absolute Gasteiger partial charge is 0.279 e. The van der Waals surface area contributed by atoms with Crippen LogP contribution in [0.2, 0.25) is 0 Å². The number of carbonyl (C=O) groups excluding carboxylic acids is 2. The number of nitriles is 1. The molecule has 0 saturated carbocycles. The van der Waals surface area contributed by atoms with Gasteiger partial charge in [-0.25, -0.2) is 0 Å². The fourth-order valence-corrected chi connectivity index (χ4v) is 3.29. The largest absolute Gasteiger partial charge is 0.481 e. The number of aryl methyl sites for hydroxylation is 2. The minimum absolute atomic E-state index is 0.399. The minimum atomic E-state index is -0.780. The number of hydrogen-bond donors (Lipinski definition) is 2. The van der Waals surface area contributed by atoms with Gasteiger partial charge in [0.1, 0.15) is 5.75 Å². The lowest BCUT2D eigenvalue weighted by atomic mass is 10.1. The molecule has 2 aromatic carbocycles. The van der Waals surface area contributed by atoms with Crippen LogP contribution in [0.25, 0.3) is 17.0 Å². The summed E-state index contributed by atoms with van der Waals surface area (Å²) >= 11 is 0. The highest BCUT2D eigenvalue weighted by Gasteiger charge is 2.16. The van der Waals surface area contributed by atoms with Crippen molar-refractivity contribution in [1.82, 2.24) is 15.4 Å². The van der Waals surface area contributed by atoms with Crippen molar-refractivity contribution in [3.63, 3.8) is 0 Å². The molecule has 32 heavy (non-hydrogen) atoms. The van der Waals surface area contributed by atoms with Gasteiger partial charge in [-0.1, -0.05) is 30.3 Å². The number of aromatic nitrogens is 1. The molecule has 0 aliphatic heterocycles. The molecule has 2 N–H and O–H groups in total. The normalized spacial score (nSPS) is 11.8. The summed E-state index contributed by atoms with van der Waals surface area (Å²) in [5.41, 5.74) is 8.65. The van der Waals surface area contributed by atoms with Crippen molar-refractivity contribution in [2.24, 2.45) is 0 Å². The first-order valence-corrected chi connectivity index (χ1v) is 10.4. The maximum atomic E-state index is 12.3. The van der Waals surface area contributed by atoms with Gasteiger partial charge in [-0.2, -0.15) is 5.26 Å². The van der Waals surface area contributed by atoms with E-state index in [0.717, 1.165) is 27.6 Å². The lowest BCUT2D eigenvalue weighted by molar-refractivity contribution is -0.131. The molecular weight excluding hydrogens is 404 g/mol. The Kier molecular flexibility index (Phi) is 7.29. The molecule has 0 radical (unpaired) electrons. The predicted molar refractivity (Wildman–Crippen MR) is 123 cm³/mol. The summed E-state index contributed by atoms with van der Waals surface area (Å²) < 4.78 is 7.72. The van der Waals surface area contributed by atoms with E-state index in [9.17, 15) is 9.59 Å². The molecule has 1 aromatic heterocycles. The van der Waals surface area contributed by atoms with Crippen LogP contribution >= 0.6 is 0 Å². The van der Waals surface area contributed by atoms with Crippen LogP contribution in [0.5, 0.6) is 5.75 Å². The van der Waals surface area contributed by atoms with Crippen LogP contribution in [-0.4, -0.2) is 22.5 Å². The number of nitrogens with zero attached hydrogens (tertiary/aromatic N) is 2. The summed E-state index contributed by atoms with van der Waals surface area (Å²) in [7, 11) is 0. The zero-order chi connectivity index (χ0) is 23.1. The highest BCUT2D eigenvalue weighted by atomic mass is 16.5. The molecule has 1 unspecified atom stereocenters. The molecule has 0 spiro atoms. The number of rotatable bonds is 7. The van der Waals surface area contributed by atoms with E-state index < -0.39 is 17.9 Å². The highest BCUT2D eigenvalue weighted by Crippen LogP contribution is 2.23. The lowest BCUT2D eigenvalue weighted by Gasteiger charge is -2.17. The summed E-state index contributed by atoms with van der Waals surface area (Å²) in [4.78, 5) is 24.5. The van der Waals surface area contributed by atoms with E-state index in [4.69, 9.17) is 10.00 Å². The third-order valence-corrected chi connectivity index (χ3v) is 5.23. The maximum Gasteiger partial charge on any atom is 0.279 e. The monoisotopic (exact) mass is 430 g/mol. The van der Waals surface area contributed by atoms with Gasteiger partial charge < -0.3 is 9.30 Å². The first-order valence-electron chi connectivity index (χ1n) is 10.4. The second-order valence-corrected chi connectivity index (χ2v) is 7.47. The van der Waals surface area contributed by atoms with Crippen molar-refractivity contribution in [2.75, 3.05) is 0 Å². The summed E-state index contributed by atoms with van der Waals surface area (Å²) in [6, 6.07) is 15.6. The second-order valence-electron chi connectivity index (χ2n) is 7.47. The van der Waals surface area contributed by atoms with E-state index in [-0.39, 0.29) is 0 Å². The van der Waals surface area contributed by atoms with Crippen molar-refractivity contribution < 1.29 is 14.3 Å². The molecule has 1 heterocycles. The molecule has 164 valence electrons. The van der Waals surface area contributed by atoms with Crippen molar-refractivity contribution in [3.8, 4) is 11.8 Å². The third-order valence-electron chi connectivity index (χ3n) is 5.23. The van der Waals surface area contributed by atoms with Gasteiger partial charge in [-0.15, -0.1) is 0 Å². The van der Waals surface area contributed by atoms with Gasteiger partial charge in [0.25, 0.3) is 11.8 Å². The Hall–Kier alpha value is -4.05. The van der Waals surface area contributed by atoms with Crippen molar-refractivity contribution in [3.05, 3.63) is 71.4 Å². The van der Waals surface area contributed by atoms with Gasteiger partial charge in [0.2, 0.25) is 0 Å². The molecule has 2 amide bonds. The molecule has 7 heteroatoms. The van der Waals surface area contributed by atoms with Gasteiger partial charge in [0.15, 0.2) is 6.10 Å². The quantitative estimate of drug-likeness (QED) is 0.440. The summed E-state index contributed by atoms with van der Waals surface area (Å²) in [5.74, 6) is -0.293. The summed E-state index contributed by atoms with van der Waals surface area (Å²) in [5, 5.41) is 9.84. The van der Waals surface area contributed by atoms with E-state index in [2.05, 4.69) is 16.9 Å². The molecule has 0 aliphatic rings. The maximum absolute atomic E-state index is 12.3. The molecule has 0 fully saturated rings. The molecular formula is C25H26N4O3. The minimum Gasteiger partial charge on any atom is -0.481 e. The number of ether oxygens (including phenoxy) is 1. The molecule has 0 saturated heterocycles. The Bertz CT molecular complexity index is 1200. The average Bonchev–Trinajstić information content (AvgIpc) is 3.15. The van der Waals surface area contributed by atoms with Crippen LogP contribution in [0.1, 0.15) is 30.0 Å². The van der Waals surface area contributed by atoms with Crippen LogP contribution in [0.3, 0.4) is 0 Å². The van der Waals surface area contributed by atoms with Crippen molar-refractivity contribution >= 4 is 28.8 Å². The standard InChI is InChI=1S/C25H26N4O3/c1-17-8-6-11-23(18(17)2)32-19(3)25(31)28-27-24(30)13-12-20-16-29(15-7-14-26)22-10-5-4-9-21(20)22/h4-6,8-13,16,19H,7,15H2,1-3H3,(H,27,30)(H,28,31)/b13-12+. The lowest BCUT2D eigenvalue weighted by Crippen LogP contribution is -2.46. The number of hydrazine groups is 1. The van der Waals surface area contributed by atoms with E-state index in [0.29, 0.717) is 18.7 Å². The zero-order valence-corrected chi connectivity index (χ0v) is 18.4. The fourth-order valence-electron chi connectivity index (χ4n) is 3.29. The Morgan fingerprint density at radius 2 is 1.94 bits per heavy atom. The molecule has 7 nitrogen and oxygen atoms in total. The molecule has 1 atom stereocenters. The van der Waals surface area contributed by atoms with Gasteiger partial charge >= 0.3 is 0 Å². The Morgan fingerprint density at radius 1 is 1.16 bits per heavy atom. The fraction of sp³-hybridized carbons (Fsp3) is 0.240. The van der Waals surface area contributed by atoms with Crippen molar-refractivity contribution in [2.45, 2.75) is 39.8 Å². The number of nitrogens with one attached hydrogen (secondary N) is 2. The van der Waals surface area contributed by atoms with Crippen LogP contribution in [-0.2, 0) is 16.1 Å². The van der Waals surface area contributed by atoms with E-state index in [1.807, 2.05) is 61.0 Å².